The van der Waals surface area contributed by atoms with Crippen molar-refractivity contribution in [2.75, 3.05) is 5.73 Å². The molecule has 0 aliphatic carbocycles. The van der Waals surface area contributed by atoms with Gasteiger partial charge in [0.2, 0.25) is 0 Å². The van der Waals surface area contributed by atoms with E-state index in [0.29, 0.717) is 5.69 Å². The zero-order chi connectivity index (χ0) is 13.3. The largest absolute Gasteiger partial charge is 0.399 e. The number of benzene rings is 2. The number of ketones is 1. The number of carbonyl (C=O) groups excluding carboxylic acids is 1. The molecule has 0 saturated heterocycles. The minimum absolute atomic E-state index is 0.164. The van der Waals surface area contributed by atoms with Crippen molar-refractivity contribution >= 4 is 11.5 Å². The highest BCUT2D eigenvalue weighted by molar-refractivity contribution is 6.09. The molecule has 2 aromatic carbocycles. The SMILES string of the molecule is Cc1cc(F)c(C(=O)c2cccc(N)c2)cc1F. The molecule has 0 saturated carbocycles. The zero-order valence-electron chi connectivity index (χ0n) is 9.71. The minimum Gasteiger partial charge on any atom is -0.399 e. The third kappa shape index (κ3) is 2.22. The Bertz CT molecular complexity index is 623. The monoisotopic (exact) mass is 247 g/mol. The summed E-state index contributed by atoms with van der Waals surface area (Å²) in [5.74, 6) is -1.93. The maximum absolute atomic E-state index is 13.6. The van der Waals surface area contributed by atoms with Crippen LogP contribution in [0.2, 0.25) is 0 Å². The van der Waals surface area contributed by atoms with Crippen molar-refractivity contribution in [3.8, 4) is 0 Å². The average Bonchev–Trinajstić information content (AvgIpc) is 2.33. The number of aryl methyl sites for hydroxylation is 1. The lowest BCUT2D eigenvalue weighted by Crippen LogP contribution is -2.06. The lowest BCUT2D eigenvalue weighted by atomic mass is 10.0. The van der Waals surface area contributed by atoms with E-state index < -0.39 is 17.4 Å². The molecule has 0 bridgehead atoms. The molecular formula is C14H11F2NO. The number of nitrogen functional groups attached to an aromatic ring is 1. The van der Waals surface area contributed by atoms with Crippen molar-refractivity contribution < 1.29 is 13.6 Å². The smallest absolute Gasteiger partial charge is 0.196 e. The summed E-state index contributed by atoms with van der Waals surface area (Å²) in [5, 5.41) is 0. The minimum atomic E-state index is -0.735. The topological polar surface area (TPSA) is 43.1 Å². The Morgan fingerprint density at radius 2 is 1.83 bits per heavy atom. The van der Waals surface area contributed by atoms with Gasteiger partial charge in [0, 0.05) is 11.3 Å². The number of carbonyl (C=O) groups is 1. The summed E-state index contributed by atoms with van der Waals surface area (Å²) in [4.78, 5) is 12.0. The number of rotatable bonds is 2. The Hall–Kier alpha value is -2.23. The highest BCUT2D eigenvalue weighted by Gasteiger charge is 2.16. The fourth-order valence-electron chi connectivity index (χ4n) is 1.66. The molecule has 2 rings (SSSR count). The van der Waals surface area contributed by atoms with E-state index >= 15 is 0 Å². The second kappa shape index (κ2) is 4.56. The predicted molar refractivity (Wildman–Crippen MR) is 65.4 cm³/mol. The summed E-state index contributed by atoms with van der Waals surface area (Å²) in [7, 11) is 0. The van der Waals surface area contributed by atoms with Gasteiger partial charge in [0.05, 0.1) is 5.56 Å². The van der Waals surface area contributed by atoms with Crippen LogP contribution < -0.4 is 5.73 Å². The molecule has 92 valence electrons. The van der Waals surface area contributed by atoms with Crippen LogP contribution in [0.25, 0.3) is 0 Å². The molecule has 2 aromatic rings. The van der Waals surface area contributed by atoms with Gasteiger partial charge in [0.15, 0.2) is 5.78 Å². The lowest BCUT2D eigenvalue weighted by Gasteiger charge is -2.05. The summed E-state index contributed by atoms with van der Waals surface area (Å²) in [6.45, 7) is 1.44. The fourth-order valence-corrected chi connectivity index (χ4v) is 1.66. The molecule has 0 aliphatic heterocycles. The average molecular weight is 247 g/mol. The van der Waals surface area contributed by atoms with Crippen molar-refractivity contribution in [2.24, 2.45) is 0 Å². The van der Waals surface area contributed by atoms with Gasteiger partial charge in [-0.15, -0.1) is 0 Å². The van der Waals surface area contributed by atoms with E-state index in [9.17, 15) is 13.6 Å². The molecule has 0 fully saturated rings. The van der Waals surface area contributed by atoms with E-state index in [0.717, 1.165) is 12.1 Å². The maximum Gasteiger partial charge on any atom is 0.196 e. The molecule has 0 spiro atoms. The molecule has 2 N–H and O–H groups in total. The van der Waals surface area contributed by atoms with Gasteiger partial charge in [-0.1, -0.05) is 12.1 Å². The van der Waals surface area contributed by atoms with Crippen LogP contribution in [0.4, 0.5) is 14.5 Å². The first-order valence-electron chi connectivity index (χ1n) is 5.35. The molecule has 0 unspecified atom stereocenters. The molecule has 18 heavy (non-hydrogen) atoms. The van der Waals surface area contributed by atoms with Crippen LogP contribution in [0.15, 0.2) is 36.4 Å². The molecule has 0 aliphatic rings. The van der Waals surface area contributed by atoms with Crippen LogP contribution in [-0.2, 0) is 0 Å². The summed E-state index contributed by atoms with van der Waals surface area (Å²) in [6.07, 6.45) is 0. The fraction of sp³-hybridized carbons (Fsp3) is 0.0714. The summed E-state index contributed by atoms with van der Waals surface area (Å²) in [6, 6.07) is 8.06. The Kier molecular flexibility index (Phi) is 3.10. The summed E-state index contributed by atoms with van der Waals surface area (Å²) >= 11 is 0. The van der Waals surface area contributed by atoms with Gasteiger partial charge in [-0.05, 0) is 36.8 Å². The van der Waals surface area contributed by atoms with E-state index in [4.69, 9.17) is 5.73 Å². The van der Waals surface area contributed by atoms with Gasteiger partial charge in [-0.25, -0.2) is 8.78 Å². The van der Waals surface area contributed by atoms with E-state index in [1.54, 1.807) is 12.1 Å². The van der Waals surface area contributed by atoms with E-state index in [2.05, 4.69) is 0 Å². The first kappa shape index (κ1) is 12.2. The molecule has 2 nitrogen and oxygen atoms in total. The molecule has 0 aromatic heterocycles. The number of hydrogen-bond acceptors (Lipinski definition) is 2. The van der Waals surface area contributed by atoms with E-state index in [1.807, 2.05) is 0 Å². The highest BCUT2D eigenvalue weighted by atomic mass is 19.1. The lowest BCUT2D eigenvalue weighted by molar-refractivity contribution is 0.103. The Morgan fingerprint density at radius 1 is 1.11 bits per heavy atom. The van der Waals surface area contributed by atoms with Gasteiger partial charge in [0.1, 0.15) is 11.6 Å². The van der Waals surface area contributed by atoms with Gasteiger partial charge < -0.3 is 5.73 Å². The van der Waals surface area contributed by atoms with E-state index in [1.165, 1.54) is 19.1 Å². The quantitative estimate of drug-likeness (QED) is 0.654. The van der Waals surface area contributed by atoms with Gasteiger partial charge in [-0.2, -0.15) is 0 Å². The molecule has 0 heterocycles. The van der Waals surface area contributed by atoms with Crippen LogP contribution in [0.5, 0.6) is 0 Å². The molecule has 0 atom stereocenters. The summed E-state index contributed by atoms with van der Waals surface area (Å²) < 4.78 is 27.0. The first-order chi connectivity index (χ1) is 8.49. The predicted octanol–water partition coefficient (Wildman–Crippen LogP) is 3.09. The first-order valence-corrected chi connectivity index (χ1v) is 5.35. The second-order valence-electron chi connectivity index (χ2n) is 4.04. The van der Waals surface area contributed by atoms with Crippen LogP contribution in [0.1, 0.15) is 21.5 Å². The number of nitrogens with two attached hydrogens (primary N) is 1. The Morgan fingerprint density at radius 3 is 2.50 bits per heavy atom. The molecule has 0 amide bonds. The van der Waals surface area contributed by atoms with Crippen molar-refractivity contribution in [3.05, 3.63) is 64.7 Å². The number of halogens is 2. The Balaban J connectivity index is 2.49. The van der Waals surface area contributed by atoms with Crippen molar-refractivity contribution in [1.29, 1.82) is 0 Å². The third-order valence-corrected chi connectivity index (χ3v) is 2.64. The van der Waals surface area contributed by atoms with Crippen molar-refractivity contribution in [1.82, 2.24) is 0 Å². The highest BCUT2D eigenvalue weighted by Crippen LogP contribution is 2.19. The normalized spacial score (nSPS) is 10.4. The number of hydrogen-bond donors (Lipinski definition) is 1. The van der Waals surface area contributed by atoms with Gasteiger partial charge >= 0.3 is 0 Å². The molecule has 4 heteroatoms. The van der Waals surface area contributed by atoms with Crippen LogP contribution in [0.3, 0.4) is 0 Å². The number of anilines is 1. The van der Waals surface area contributed by atoms with Crippen LogP contribution >= 0.6 is 0 Å². The maximum atomic E-state index is 13.6. The third-order valence-electron chi connectivity index (χ3n) is 2.64. The van der Waals surface area contributed by atoms with Gasteiger partial charge in [-0.3, -0.25) is 4.79 Å². The standard InChI is InChI=1S/C14H11F2NO/c1-8-5-13(16)11(7-12(8)15)14(18)9-3-2-4-10(17)6-9/h2-7H,17H2,1H3. The molecule has 0 radical (unpaired) electrons. The van der Waals surface area contributed by atoms with E-state index in [-0.39, 0.29) is 16.7 Å². The molecular weight excluding hydrogens is 236 g/mol. The zero-order valence-corrected chi connectivity index (χ0v) is 9.71. The van der Waals surface area contributed by atoms with Crippen LogP contribution in [-0.4, -0.2) is 5.78 Å². The Labute approximate surface area is 103 Å². The second-order valence-corrected chi connectivity index (χ2v) is 4.04. The van der Waals surface area contributed by atoms with Gasteiger partial charge in [0.25, 0.3) is 0 Å². The van der Waals surface area contributed by atoms with Crippen molar-refractivity contribution in [3.63, 3.8) is 0 Å². The van der Waals surface area contributed by atoms with Crippen molar-refractivity contribution in [2.45, 2.75) is 6.92 Å². The summed E-state index contributed by atoms with van der Waals surface area (Å²) in [5.41, 5.74) is 6.05. The van der Waals surface area contributed by atoms with Crippen LogP contribution in [0, 0.1) is 18.6 Å².